The fraction of sp³-hybridized carbons (Fsp3) is 0.818. The average molecular weight is 240 g/mol. The molecule has 2 unspecified atom stereocenters. The summed E-state index contributed by atoms with van der Waals surface area (Å²) >= 11 is 1.88. The van der Waals surface area contributed by atoms with Gasteiger partial charge in [-0.3, -0.25) is 0 Å². The number of hydrogen-bond donors (Lipinski definition) is 1. The van der Waals surface area contributed by atoms with Crippen molar-refractivity contribution in [1.29, 1.82) is 0 Å². The average Bonchev–Trinajstić information content (AvgIpc) is 2.66. The lowest BCUT2D eigenvalue weighted by Gasteiger charge is -2.28. The first kappa shape index (κ1) is 11.9. The number of hydrogen-bond acceptors (Lipinski definition) is 4. The second-order valence-electron chi connectivity index (χ2n) is 4.39. The van der Waals surface area contributed by atoms with E-state index in [0.29, 0.717) is 11.3 Å². The first-order valence-corrected chi connectivity index (χ1v) is 6.91. The van der Waals surface area contributed by atoms with Gasteiger partial charge < -0.3 is 9.88 Å². The SMILES string of the molecule is CCNC1CCCC(Sc2nncn2C)C1. The van der Waals surface area contributed by atoms with Crippen molar-refractivity contribution >= 4 is 11.8 Å². The fourth-order valence-electron chi connectivity index (χ4n) is 2.25. The number of rotatable bonds is 4. The summed E-state index contributed by atoms with van der Waals surface area (Å²) in [5.41, 5.74) is 0. The van der Waals surface area contributed by atoms with E-state index >= 15 is 0 Å². The van der Waals surface area contributed by atoms with Gasteiger partial charge in [-0.1, -0.05) is 25.1 Å². The third-order valence-electron chi connectivity index (χ3n) is 3.06. The molecule has 2 rings (SSSR count). The lowest BCUT2D eigenvalue weighted by molar-refractivity contribution is 0.387. The van der Waals surface area contributed by atoms with Crippen LogP contribution in [0.1, 0.15) is 32.6 Å². The second kappa shape index (κ2) is 5.68. The maximum absolute atomic E-state index is 4.14. The highest BCUT2D eigenvalue weighted by atomic mass is 32.2. The summed E-state index contributed by atoms with van der Waals surface area (Å²) in [4.78, 5) is 0. The molecule has 0 amide bonds. The van der Waals surface area contributed by atoms with E-state index in [0.717, 1.165) is 11.7 Å². The van der Waals surface area contributed by atoms with E-state index in [9.17, 15) is 0 Å². The summed E-state index contributed by atoms with van der Waals surface area (Å²) in [6, 6.07) is 0.699. The molecule has 0 aromatic carbocycles. The van der Waals surface area contributed by atoms with Crippen LogP contribution in [0.25, 0.3) is 0 Å². The second-order valence-corrected chi connectivity index (χ2v) is 5.65. The van der Waals surface area contributed by atoms with Crippen molar-refractivity contribution in [3.8, 4) is 0 Å². The molecule has 1 aromatic heterocycles. The predicted octanol–water partition coefficient (Wildman–Crippen LogP) is 1.83. The monoisotopic (exact) mass is 240 g/mol. The molecule has 1 aromatic rings. The Bertz CT molecular complexity index is 324. The molecule has 1 aliphatic carbocycles. The molecule has 16 heavy (non-hydrogen) atoms. The first-order valence-electron chi connectivity index (χ1n) is 6.03. The van der Waals surface area contributed by atoms with Gasteiger partial charge in [0.05, 0.1) is 0 Å². The molecule has 0 spiro atoms. The molecule has 1 N–H and O–H groups in total. The molecular formula is C11H20N4S. The Balaban J connectivity index is 1.88. The molecule has 2 atom stereocenters. The van der Waals surface area contributed by atoms with Gasteiger partial charge in [-0.25, -0.2) is 0 Å². The van der Waals surface area contributed by atoms with Crippen molar-refractivity contribution in [2.24, 2.45) is 7.05 Å². The number of thioether (sulfide) groups is 1. The molecule has 0 bridgehead atoms. The van der Waals surface area contributed by atoms with Crippen molar-refractivity contribution in [2.45, 2.75) is 49.1 Å². The van der Waals surface area contributed by atoms with Crippen molar-refractivity contribution in [1.82, 2.24) is 20.1 Å². The van der Waals surface area contributed by atoms with E-state index in [1.165, 1.54) is 25.7 Å². The summed E-state index contributed by atoms with van der Waals surface area (Å²) in [5, 5.41) is 13.3. The third-order valence-corrected chi connectivity index (χ3v) is 4.40. The molecule has 1 fully saturated rings. The molecule has 1 heterocycles. The van der Waals surface area contributed by atoms with E-state index in [2.05, 4.69) is 22.4 Å². The van der Waals surface area contributed by atoms with Crippen LogP contribution in [-0.2, 0) is 7.05 Å². The van der Waals surface area contributed by atoms with Crippen molar-refractivity contribution in [3.05, 3.63) is 6.33 Å². The quantitative estimate of drug-likeness (QED) is 0.872. The zero-order chi connectivity index (χ0) is 11.4. The van der Waals surface area contributed by atoms with Gasteiger partial charge in [0, 0.05) is 18.3 Å². The zero-order valence-corrected chi connectivity index (χ0v) is 10.8. The number of aryl methyl sites for hydroxylation is 1. The van der Waals surface area contributed by atoms with Crippen LogP contribution in [0, 0.1) is 0 Å². The number of nitrogens with one attached hydrogen (secondary N) is 1. The molecule has 5 heteroatoms. The smallest absolute Gasteiger partial charge is 0.191 e. The summed E-state index contributed by atoms with van der Waals surface area (Å²) in [6.45, 7) is 3.26. The van der Waals surface area contributed by atoms with Crippen LogP contribution in [0.3, 0.4) is 0 Å². The molecular weight excluding hydrogens is 220 g/mol. The van der Waals surface area contributed by atoms with Crippen LogP contribution in [-0.4, -0.2) is 32.6 Å². The highest BCUT2D eigenvalue weighted by Crippen LogP contribution is 2.32. The summed E-state index contributed by atoms with van der Waals surface area (Å²) < 4.78 is 2.00. The highest BCUT2D eigenvalue weighted by molar-refractivity contribution is 7.99. The van der Waals surface area contributed by atoms with E-state index in [-0.39, 0.29) is 0 Å². The Morgan fingerprint density at radius 3 is 3.12 bits per heavy atom. The minimum absolute atomic E-state index is 0.695. The van der Waals surface area contributed by atoms with E-state index in [1.807, 2.05) is 23.4 Å². The minimum Gasteiger partial charge on any atom is -0.314 e. The fourth-order valence-corrected chi connectivity index (χ4v) is 3.47. The van der Waals surface area contributed by atoms with Gasteiger partial charge in [-0.2, -0.15) is 0 Å². The number of aromatic nitrogens is 3. The molecule has 4 nitrogen and oxygen atoms in total. The summed E-state index contributed by atoms with van der Waals surface area (Å²) in [5.74, 6) is 0. The maximum atomic E-state index is 4.14. The van der Waals surface area contributed by atoms with Crippen molar-refractivity contribution < 1.29 is 0 Å². The Morgan fingerprint density at radius 1 is 1.56 bits per heavy atom. The molecule has 90 valence electrons. The van der Waals surface area contributed by atoms with Crippen LogP contribution < -0.4 is 5.32 Å². The van der Waals surface area contributed by atoms with Gasteiger partial charge in [0.25, 0.3) is 0 Å². The Morgan fingerprint density at radius 2 is 2.44 bits per heavy atom. The Kier molecular flexibility index (Phi) is 4.23. The maximum Gasteiger partial charge on any atom is 0.191 e. The van der Waals surface area contributed by atoms with Gasteiger partial charge in [-0.15, -0.1) is 10.2 Å². The molecule has 0 aliphatic heterocycles. The van der Waals surface area contributed by atoms with Gasteiger partial charge >= 0.3 is 0 Å². The third kappa shape index (κ3) is 2.98. The van der Waals surface area contributed by atoms with Gasteiger partial charge in [0.2, 0.25) is 0 Å². The summed E-state index contributed by atoms with van der Waals surface area (Å²) in [7, 11) is 2.01. The largest absolute Gasteiger partial charge is 0.314 e. The van der Waals surface area contributed by atoms with E-state index in [4.69, 9.17) is 0 Å². The Hall–Kier alpha value is -0.550. The van der Waals surface area contributed by atoms with Crippen LogP contribution in [0.2, 0.25) is 0 Å². The highest BCUT2D eigenvalue weighted by Gasteiger charge is 2.23. The predicted molar refractivity (Wildman–Crippen MR) is 66.6 cm³/mol. The lowest BCUT2D eigenvalue weighted by Crippen LogP contribution is -2.34. The van der Waals surface area contributed by atoms with Crippen molar-refractivity contribution in [3.63, 3.8) is 0 Å². The molecule has 1 saturated carbocycles. The van der Waals surface area contributed by atoms with Crippen LogP contribution in [0.15, 0.2) is 11.5 Å². The molecule has 0 saturated heterocycles. The summed E-state index contributed by atoms with van der Waals surface area (Å²) in [6.07, 6.45) is 6.98. The van der Waals surface area contributed by atoms with Crippen LogP contribution in [0.4, 0.5) is 0 Å². The first-order chi connectivity index (χ1) is 7.79. The topological polar surface area (TPSA) is 42.7 Å². The Labute approximate surface area is 101 Å². The van der Waals surface area contributed by atoms with Gasteiger partial charge in [0.15, 0.2) is 5.16 Å². The van der Waals surface area contributed by atoms with Crippen LogP contribution in [0.5, 0.6) is 0 Å². The van der Waals surface area contributed by atoms with Gasteiger partial charge in [-0.05, 0) is 25.8 Å². The normalized spacial score (nSPS) is 25.9. The minimum atomic E-state index is 0.695. The molecule has 1 aliphatic rings. The van der Waals surface area contributed by atoms with Crippen LogP contribution >= 0.6 is 11.8 Å². The van der Waals surface area contributed by atoms with Crippen molar-refractivity contribution in [2.75, 3.05) is 6.54 Å². The lowest BCUT2D eigenvalue weighted by atomic mass is 9.95. The van der Waals surface area contributed by atoms with E-state index < -0.39 is 0 Å². The van der Waals surface area contributed by atoms with Gasteiger partial charge in [0.1, 0.15) is 6.33 Å². The zero-order valence-electron chi connectivity index (χ0n) is 10.0. The molecule has 0 radical (unpaired) electrons. The standard InChI is InChI=1S/C11H20N4S/c1-3-12-9-5-4-6-10(7-9)16-11-14-13-8-15(11)2/h8-10,12H,3-7H2,1-2H3. The number of nitrogens with zero attached hydrogens (tertiary/aromatic N) is 3. The van der Waals surface area contributed by atoms with E-state index in [1.54, 1.807) is 6.33 Å².